The van der Waals surface area contributed by atoms with Crippen molar-refractivity contribution in [3.63, 3.8) is 0 Å². The number of carboxylic acids is 1. The van der Waals surface area contributed by atoms with E-state index in [0.29, 0.717) is 6.42 Å². The van der Waals surface area contributed by atoms with Crippen LogP contribution in [0.4, 0.5) is 0 Å². The molecule has 0 saturated heterocycles. The van der Waals surface area contributed by atoms with Gasteiger partial charge in [-0.25, -0.2) is 0 Å². The van der Waals surface area contributed by atoms with Gasteiger partial charge in [0.05, 0.1) is 0 Å². The van der Waals surface area contributed by atoms with Crippen LogP contribution in [0.1, 0.15) is 58.3 Å². The first-order valence-electron chi connectivity index (χ1n) is 6.53. The molecule has 0 aliphatic heterocycles. The number of hydrogen-bond donors (Lipinski definition) is 1. The van der Waals surface area contributed by atoms with Gasteiger partial charge in [-0.15, -0.1) is 0 Å². The van der Waals surface area contributed by atoms with Crippen LogP contribution in [-0.2, 0) is 9.59 Å². The third-order valence-corrected chi connectivity index (χ3v) is 2.80. The van der Waals surface area contributed by atoms with Gasteiger partial charge in [-0.2, -0.15) is 0 Å². The molecular weight excluding hydrogens is 218 g/mol. The molecule has 0 atom stereocenters. The second-order valence-electron chi connectivity index (χ2n) is 4.48. The first-order chi connectivity index (χ1) is 8.07. The topological polar surface area (TPSA) is 57.6 Å². The molecule has 0 fully saturated rings. The molecule has 1 amide bonds. The molecular formula is C13H25NO3. The van der Waals surface area contributed by atoms with E-state index in [1.165, 1.54) is 0 Å². The summed E-state index contributed by atoms with van der Waals surface area (Å²) in [6.45, 7) is 2.87. The number of hydrogen-bond acceptors (Lipinski definition) is 2. The van der Waals surface area contributed by atoms with Gasteiger partial charge in [0, 0.05) is 26.4 Å². The van der Waals surface area contributed by atoms with Gasteiger partial charge >= 0.3 is 5.97 Å². The predicted octanol–water partition coefficient (Wildman–Crippen LogP) is 2.67. The van der Waals surface area contributed by atoms with E-state index in [-0.39, 0.29) is 12.3 Å². The van der Waals surface area contributed by atoms with Crippen molar-refractivity contribution in [3.05, 3.63) is 0 Å². The van der Waals surface area contributed by atoms with Crippen LogP contribution in [0.15, 0.2) is 0 Å². The molecule has 0 unspecified atom stereocenters. The molecule has 0 aromatic rings. The minimum Gasteiger partial charge on any atom is -0.481 e. The lowest BCUT2D eigenvalue weighted by atomic mass is 10.1. The minimum absolute atomic E-state index is 0.220. The van der Waals surface area contributed by atoms with Crippen LogP contribution in [0.25, 0.3) is 0 Å². The molecule has 0 rings (SSSR count). The monoisotopic (exact) mass is 243 g/mol. The first-order valence-corrected chi connectivity index (χ1v) is 6.53. The summed E-state index contributed by atoms with van der Waals surface area (Å²) < 4.78 is 0. The Bertz CT molecular complexity index is 229. The van der Waals surface area contributed by atoms with Crippen LogP contribution in [0.2, 0.25) is 0 Å². The third kappa shape index (κ3) is 9.85. The fourth-order valence-corrected chi connectivity index (χ4v) is 1.62. The highest BCUT2D eigenvalue weighted by atomic mass is 16.4. The van der Waals surface area contributed by atoms with Crippen molar-refractivity contribution >= 4 is 11.9 Å². The van der Waals surface area contributed by atoms with E-state index >= 15 is 0 Å². The van der Waals surface area contributed by atoms with Crippen molar-refractivity contribution in [1.82, 2.24) is 4.90 Å². The molecule has 4 nitrogen and oxygen atoms in total. The highest BCUT2D eigenvalue weighted by Gasteiger charge is 2.06. The van der Waals surface area contributed by atoms with E-state index in [0.717, 1.165) is 45.1 Å². The average molecular weight is 243 g/mol. The molecule has 0 aromatic carbocycles. The van der Waals surface area contributed by atoms with E-state index in [4.69, 9.17) is 5.11 Å². The highest BCUT2D eigenvalue weighted by Crippen LogP contribution is 2.05. The number of amides is 1. The lowest BCUT2D eigenvalue weighted by Gasteiger charge is -2.16. The Morgan fingerprint density at radius 3 is 2.24 bits per heavy atom. The van der Waals surface area contributed by atoms with Gasteiger partial charge in [0.15, 0.2) is 0 Å². The Labute approximate surface area is 104 Å². The Morgan fingerprint density at radius 2 is 1.65 bits per heavy atom. The number of carbonyl (C=O) groups is 2. The van der Waals surface area contributed by atoms with E-state index in [2.05, 4.69) is 6.92 Å². The smallest absolute Gasteiger partial charge is 0.303 e. The van der Waals surface area contributed by atoms with Gasteiger partial charge in [-0.3, -0.25) is 9.59 Å². The van der Waals surface area contributed by atoms with Gasteiger partial charge in [0.25, 0.3) is 0 Å². The summed E-state index contributed by atoms with van der Waals surface area (Å²) >= 11 is 0. The zero-order valence-electron chi connectivity index (χ0n) is 11.1. The average Bonchev–Trinajstić information content (AvgIpc) is 2.29. The Kier molecular flexibility index (Phi) is 9.49. The minimum atomic E-state index is -0.725. The van der Waals surface area contributed by atoms with E-state index in [1.807, 2.05) is 7.05 Å². The van der Waals surface area contributed by atoms with Crippen LogP contribution in [-0.4, -0.2) is 35.5 Å². The molecule has 0 saturated carbocycles. The van der Waals surface area contributed by atoms with Crippen molar-refractivity contribution in [3.8, 4) is 0 Å². The van der Waals surface area contributed by atoms with Crippen LogP contribution in [0.3, 0.4) is 0 Å². The summed E-state index contributed by atoms with van der Waals surface area (Å²) in [5, 5.41) is 8.46. The molecule has 17 heavy (non-hydrogen) atoms. The number of carbonyl (C=O) groups excluding carboxylic acids is 1. The van der Waals surface area contributed by atoms with Gasteiger partial charge < -0.3 is 10.0 Å². The van der Waals surface area contributed by atoms with Gasteiger partial charge in [-0.1, -0.05) is 26.2 Å². The normalized spacial score (nSPS) is 10.2. The van der Waals surface area contributed by atoms with E-state index in [9.17, 15) is 9.59 Å². The maximum absolute atomic E-state index is 11.6. The van der Waals surface area contributed by atoms with Gasteiger partial charge in [0.2, 0.25) is 5.91 Å². The maximum atomic E-state index is 11.6. The molecule has 0 aliphatic rings. The highest BCUT2D eigenvalue weighted by molar-refractivity contribution is 5.75. The molecule has 0 aromatic heterocycles. The van der Waals surface area contributed by atoms with Crippen LogP contribution < -0.4 is 0 Å². The Hall–Kier alpha value is -1.06. The fraction of sp³-hybridized carbons (Fsp3) is 0.846. The number of nitrogens with zero attached hydrogens (tertiary/aromatic N) is 1. The maximum Gasteiger partial charge on any atom is 0.303 e. The molecule has 4 heteroatoms. The van der Waals surface area contributed by atoms with Gasteiger partial charge in [0.1, 0.15) is 0 Å². The number of aliphatic carboxylic acids is 1. The van der Waals surface area contributed by atoms with Gasteiger partial charge in [-0.05, 0) is 19.3 Å². The summed E-state index contributed by atoms with van der Waals surface area (Å²) in [6, 6.07) is 0. The largest absolute Gasteiger partial charge is 0.481 e. The Morgan fingerprint density at radius 1 is 1.00 bits per heavy atom. The summed E-state index contributed by atoms with van der Waals surface area (Å²) in [6.07, 6.45) is 6.55. The van der Waals surface area contributed by atoms with Crippen molar-refractivity contribution in [2.45, 2.75) is 58.3 Å². The Balaban J connectivity index is 3.41. The van der Waals surface area contributed by atoms with Crippen LogP contribution in [0.5, 0.6) is 0 Å². The summed E-state index contributed by atoms with van der Waals surface area (Å²) in [5.74, 6) is -0.505. The SMILES string of the molecule is CCCCC(=O)N(C)CCCCCCC(=O)O. The van der Waals surface area contributed by atoms with Crippen molar-refractivity contribution in [2.24, 2.45) is 0 Å². The summed E-state index contributed by atoms with van der Waals surface area (Å²) in [5.41, 5.74) is 0. The molecule has 0 aliphatic carbocycles. The molecule has 0 spiro atoms. The number of rotatable bonds is 10. The third-order valence-electron chi connectivity index (χ3n) is 2.80. The zero-order chi connectivity index (χ0) is 13.1. The first kappa shape index (κ1) is 15.9. The molecule has 0 radical (unpaired) electrons. The number of unbranched alkanes of at least 4 members (excludes halogenated alkanes) is 4. The lowest BCUT2D eigenvalue weighted by molar-refractivity contribution is -0.137. The van der Waals surface area contributed by atoms with Crippen LogP contribution >= 0.6 is 0 Å². The molecule has 0 bridgehead atoms. The van der Waals surface area contributed by atoms with E-state index in [1.54, 1.807) is 4.90 Å². The second kappa shape index (κ2) is 10.1. The van der Waals surface area contributed by atoms with Crippen LogP contribution in [0, 0.1) is 0 Å². The fourth-order valence-electron chi connectivity index (χ4n) is 1.62. The predicted molar refractivity (Wildman–Crippen MR) is 67.9 cm³/mol. The second-order valence-corrected chi connectivity index (χ2v) is 4.48. The van der Waals surface area contributed by atoms with Crippen molar-refractivity contribution in [2.75, 3.05) is 13.6 Å². The zero-order valence-corrected chi connectivity index (χ0v) is 11.1. The lowest BCUT2D eigenvalue weighted by Crippen LogP contribution is -2.27. The van der Waals surface area contributed by atoms with E-state index < -0.39 is 5.97 Å². The molecule has 100 valence electrons. The molecule has 0 heterocycles. The summed E-state index contributed by atoms with van der Waals surface area (Å²) in [7, 11) is 1.84. The van der Waals surface area contributed by atoms with Crippen molar-refractivity contribution < 1.29 is 14.7 Å². The molecule has 1 N–H and O–H groups in total. The standard InChI is InChI=1S/C13H25NO3/c1-3-4-9-12(15)14(2)11-8-6-5-7-10-13(16)17/h3-11H2,1-2H3,(H,16,17). The summed E-state index contributed by atoms with van der Waals surface area (Å²) in [4.78, 5) is 23.6. The quantitative estimate of drug-likeness (QED) is 0.600. The number of carboxylic acid groups (broad SMARTS) is 1. The van der Waals surface area contributed by atoms with Crippen molar-refractivity contribution in [1.29, 1.82) is 0 Å².